The van der Waals surface area contributed by atoms with Gasteiger partial charge >= 0.3 is 0 Å². The molecule has 2 rings (SSSR count). The van der Waals surface area contributed by atoms with E-state index >= 15 is 0 Å². The van der Waals surface area contributed by atoms with Gasteiger partial charge in [0.15, 0.2) is 0 Å². The van der Waals surface area contributed by atoms with E-state index in [1.807, 2.05) is 12.1 Å². The van der Waals surface area contributed by atoms with E-state index < -0.39 is 18.1 Å². The first kappa shape index (κ1) is 14.7. The van der Waals surface area contributed by atoms with E-state index in [9.17, 15) is 8.78 Å². The van der Waals surface area contributed by atoms with Gasteiger partial charge in [-0.2, -0.15) is 0 Å². The van der Waals surface area contributed by atoms with Crippen LogP contribution < -0.4 is 4.74 Å². The number of rotatable bonds is 4. The Labute approximate surface area is 119 Å². The van der Waals surface area contributed by atoms with Gasteiger partial charge in [-0.15, -0.1) is 0 Å². The molecule has 1 aromatic carbocycles. The van der Waals surface area contributed by atoms with Gasteiger partial charge in [-0.1, -0.05) is 15.9 Å². The summed E-state index contributed by atoms with van der Waals surface area (Å²) in [5.41, 5.74) is 0. The second-order valence-electron chi connectivity index (χ2n) is 4.51. The average Bonchev–Trinajstić information content (AvgIpc) is 2.37. The third-order valence-corrected chi connectivity index (χ3v) is 3.27. The average molecular weight is 337 g/mol. The smallest absolute Gasteiger partial charge is 0.273 e. The molecule has 0 spiro atoms. The molecule has 3 nitrogen and oxygen atoms in total. The van der Waals surface area contributed by atoms with Crippen molar-refractivity contribution in [3.05, 3.63) is 28.7 Å². The fourth-order valence-electron chi connectivity index (χ4n) is 1.69. The zero-order valence-corrected chi connectivity index (χ0v) is 12.0. The summed E-state index contributed by atoms with van der Waals surface area (Å²) >= 11 is 3.32. The van der Waals surface area contributed by atoms with Gasteiger partial charge in [0, 0.05) is 11.4 Å². The molecule has 0 aromatic heterocycles. The summed E-state index contributed by atoms with van der Waals surface area (Å²) in [6.07, 6.45) is -1.69. The monoisotopic (exact) mass is 336 g/mol. The van der Waals surface area contributed by atoms with Crippen LogP contribution in [-0.2, 0) is 9.47 Å². The second-order valence-corrected chi connectivity index (χ2v) is 5.42. The van der Waals surface area contributed by atoms with Gasteiger partial charge in [0.1, 0.15) is 24.6 Å². The van der Waals surface area contributed by atoms with Gasteiger partial charge in [-0.05, 0) is 24.3 Å². The van der Waals surface area contributed by atoms with E-state index in [-0.39, 0.29) is 19.8 Å². The van der Waals surface area contributed by atoms with Crippen LogP contribution in [0.25, 0.3) is 0 Å². The Morgan fingerprint density at radius 2 is 2.00 bits per heavy atom. The highest BCUT2D eigenvalue weighted by Crippen LogP contribution is 2.25. The van der Waals surface area contributed by atoms with Gasteiger partial charge in [0.2, 0.25) is 0 Å². The Kier molecular flexibility index (Phi) is 4.76. The lowest BCUT2D eigenvalue weighted by Gasteiger charge is -2.33. The first-order valence-corrected chi connectivity index (χ1v) is 6.74. The van der Waals surface area contributed by atoms with Crippen LogP contribution in [-0.4, -0.2) is 38.0 Å². The summed E-state index contributed by atoms with van der Waals surface area (Å²) < 4.78 is 43.1. The summed E-state index contributed by atoms with van der Waals surface area (Å²) in [7, 11) is 0. The number of halogens is 3. The molecule has 1 saturated heterocycles. The molecular weight excluding hydrogens is 322 g/mol. The van der Waals surface area contributed by atoms with Crippen LogP contribution in [0.5, 0.6) is 5.75 Å². The third kappa shape index (κ3) is 4.40. The van der Waals surface area contributed by atoms with E-state index in [0.717, 1.165) is 11.4 Å². The normalized spacial score (nSPS) is 24.2. The highest BCUT2D eigenvalue weighted by atomic mass is 79.9. The Morgan fingerprint density at radius 1 is 1.32 bits per heavy atom. The van der Waals surface area contributed by atoms with Gasteiger partial charge in [0.05, 0.1) is 13.2 Å². The predicted molar refractivity (Wildman–Crippen MR) is 69.7 cm³/mol. The fourth-order valence-corrected chi connectivity index (χ4v) is 1.95. The fraction of sp³-hybridized carbons (Fsp3) is 0.538. The first-order valence-electron chi connectivity index (χ1n) is 5.94. The quantitative estimate of drug-likeness (QED) is 0.844. The molecule has 0 N–H and O–H groups in total. The van der Waals surface area contributed by atoms with Crippen LogP contribution in [0.3, 0.4) is 0 Å². The lowest BCUT2D eigenvalue weighted by Crippen LogP contribution is -2.47. The molecule has 1 aromatic rings. The van der Waals surface area contributed by atoms with Crippen molar-refractivity contribution in [1.29, 1.82) is 0 Å². The molecule has 1 aliphatic rings. The van der Waals surface area contributed by atoms with E-state index in [4.69, 9.17) is 14.2 Å². The molecule has 0 aliphatic carbocycles. The van der Waals surface area contributed by atoms with E-state index in [1.165, 1.54) is 0 Å². The Balaban J connectivity index is 1.84. The highest BCUT2D eigenvalue weighted by molar-refractivity contribution is 9.10. The number of hydrogen-bond acceptors (Lipinski definition) is 3. The Morgan fingerprint density at radius 3 is 2.63 bits per heavy atom. The summed E-state index contributed by atoms with van der Waals surface area (Å²) in [5, 5.41) is 0. The third-order valence-electron chi connectivity index (χ3n) is 2.74. The standard InChI is InChI=1S/C13H15BrF2O3/c1-13(15,16)12-8-17-6-11(19-12)7-18-10-4-2-9(14)3-5-10/h2-5,11-12H,6-8H2,1H3. The van der Waals surface area contributed by atoms with E-state index in [2.05, 4.69) is 15.9 Å². The molecule has 1 fully saturated rings. The van der Waals surface area contributed by atoms with Crippen molar-refractivity contribution in [2.24, 2.45) is 0 Å². The van der Waals surface area contributed by atoms with E-state index in [1.54, 1.807) is 12.1 Å². The first-order chi connectivity index (χ1) is 8.95. The molecular formula is C13H15BrF2O3. The van der Waals surface area contributed by atoms with Gasteiger partial charge in [-0.25, -0.2) is 8.78 Å². The molecule has 19 heavy (non-hydrogen) atoms. The van der Waals surface area contributed by atoms with Gasteiger partial charge < -0.3 is 14.2 Å². The summed E-state index contributed by atoms with van der Waals surface area (Å²) in [5.74, 6) is -2.24. The summed E-state index contributed by atoms with van der Waals surface area (Å²) in [6.45, 7) is 1.20. The predicted octanol–water partition coefficient (Wildman–Crippen LogP) is 3.27. The van der Waals surface area contributed by atoms with Crippen LogP contribution in [0.4, 0.5) is 8.78 Å². The minimum absolute atomic E-state index is 0.0850. The number of hydrogen-bond donors (Lipinski definition) is 0. The van der Waals surface area contributed by atoms with Crippen LogP contribution in [0.15, 0.2) is 28.7 Å². The van der Waals surface area contributed by atoms with Crippen molar-refractivity contribution in [2.45, 2.75) is 25.1 Å². The number of ether oxygens (including phenoxy) is 3. The van der Waals surface area contributed by atoms with Crippen LogP contribution in [0.1, 0.15) is 6.92 Å². The molecule has 0 amide bonds. The molecule has 106 valence electrons. The van der Waals surface area contributed by atoms with Gasteiger partial charge in [0.25, 0.3) is 5.92 Å². The van der Waals surface area contributed by atoms with Crippen LogP contribution >= 0.6 is 15.9 Å². The maximum atomic E-state index is 13.1. The minimum atomic E-state index is -2.91. The van der Waals surface area contributed by atoms with Crippen LogP contribution in [0.2, 0.25) is 0 Å². The van der Waals surface area contributed by atoms with Crippen molar-refractivity contribution in [2.75, 3.05) is 19.8 Å². The molecule has 0 saturated carbocycles. The van der Waals surface area contributed by atoms with Crippen molar-refractivity contribution in [1.82, 2.24) is 0 Å². The van der Waals surface area contributed by atoms with Crippen molar-refractivity contribution >= 4 is 15.9 Å². The largest absolute Gasteiger partial charge is 0.491 e. The molecule has 1 aliphatic heterocycles. The summed E-state index contributed by atoms with van der Waals surface area (Å²) in [4.78, 5) is 0. The van der Waals surface area contributed by atoms with E-state index in [0.29, 0.717) is 5.75 Å². The van der Waals surface area contributed by atoms with Crippen molar-refractivity contribution in [3.63, 3.8) is 0 Å². The Bertz CT molecular complexity index is 405. The van der Waals surface area contributed by atoms with Crippen molar-refractivity contribution < 1.29 is 23.0 Å². The zero-order chi connectivity index (χ0) is 13.9. The zero-order valence-electron chi connectivity index (χ0n) is 10.4. The number of alkyl halides is 2. The lowest BCUT2D eigenvalue weighted by molar-refractivity contribution is -0.220. The Hall–Kier alpha value is -0.720. The SMILES string of the molecule is CC(F)(F)C1COCC(COc2ccc(Br)cc2)O1. The maximum absolute atomic E-state index is 13.1. The molecule has 2 unspecified atom stereocenters. The molecule has 2 atom stereocenters. The molecule has 6 heteroatoms. The van der Waals surface area contributed by atoms with Crippen LogP contribution in [0, 0.1) is 0 Å². The number of benzene rings is 1. The van der Waals surface area contributed by atoms with Crippen molar-refractivity contribution in [3.8, 4) is 5.75 Å². The minimum Gasteiger partial charge on any atom is -0.491 e. The topological polar surface area (TPSA) is 27.7 Å². The second kappa shape index (κ2) is 6.15. The molecule has 0 radical (unpaired) electrons. The lowest BCUT2D eigenvalue weighted by atomic mass is 10.2. The summed E-state index contributed by atoms with van der Waals surface area (Å²) in [6, 6.07) is 7.27. The molecule has 1 heterocycles. The van der Waals surface area contributed by atoms with Gasteiger partial charge in [-0.3, -0.25) is 0 Å². The maximum Gasteiger partial charge on any atom is 0.273 e. The highest BCUT2D eigenvalue weighted by Gasteiger charge is 2.39. The molecule has 0 bridgehead atoms.